The lowest BCUT2D eigenvalue weighted by molar-refractivity contribution is -0.146. The molecule has 2 aromatic carbocycles. The van der Waals surface area contributed by atoms with Crippen LogP contribution in [0.2, 0.25) is 0 Å². The number of imidazole rings is 2. The number of likely N-dealkylation sites (tertiary alicyclic amines) is 2. The van der Waals surface area contributed by atoms with Gasteiger partial charge >= 0.3 is 0 Å². The second-order valence-corrected chi connectivity index (χ2v) is 20.6. The zero-order valence-electron chi connectivity index (χ0n) is 40.1. The summed E-state index contributed by atoms with van der Waals surface area (Å²) in [6.07, 6.45) is 12.6. The summed E-state index contributed by atoms with van der Waals surface area (Å²) in [7, 11) is 0. The van der Waals surface area contributed by atoms with E-state index < -0.39 is 6.04 Å². The van der Waals surface area contributed by atoms with Crippen LogP contribution in [0, 0.1) is 17.8 Å². The van der Waals surface area contributed by atoms with Crippen molar-refractivity contribution < 1.29 is 28.7 Å². The van der Waals surface area contributed by atoms with E-state index in [1.54, 1.807) is 6.92 Å². The summed E-state index contributed by atoms with van der Waals surface area (Å²) in [4.78, 5) is 74.8. The molecule has 13 heteroatoms. The van der Waals surface area contributed by atoms with Gasteiger partial charge in [0.1, 0.15) is 23.5 Å². The van der Waals surface area contributed by atoms with Gasteiger partial charge in [0.2, 0.25) is 17.7 Å². The number of amides is 3. The minimum Gasteiger partial charge on any atom is -0.376 e. The number of hydrogen-bond donors (Lipinski definition) is 3. The van der Waals surface area contributed by atoms with Crippen LogP contribution < -0.4 is 5.32 Å². The second-order valence-electron chi connectivity index (χ2n) is 20.6. The summed E-state index contributed by atoms with van der Waals surface area (Å²) in [5.74, 6) is 1.19. The molecule has 0 saturated carbocycles. The maximum absolute atomic E-state index is 14.5. The topological polar surface area (TPSA) is 163 Å². The quantitative estimate of drug-likeness (QED) is 0.127. The minimum absolute atomic E-state index is 0.00367. The molecule has 4 fully saturated rings. The highest BCUT2D eigenvalue weighted by Gasteiger charge is 2.46. The molecule has 13 nitrogen and oxygen atoms in total. The summed E-state index contributed by atoms with van der Waals surface area (Å²) in [5.41, 5.74) is 9.08. The molecule has 4 aliphatic heterocycles. The van der Waals surface area contributed by atoms with Crippen molar-refractivity contribution >= 4 is 23.5 Å². The first-order valence-corrected chi connectivity index (χ1v) is 24.7. The highest BCUT2D eigenvalue weighted by Crippen LogP contribution is 2.44. The Kier molecular flexibility index (Phi) is 13.1. The van der Waals surface area contributed by atoms with Gasteiger partial charge in [-0.25, -0.2) is 9.97 Å². The van der Waals surface area contributed by atoms with Gasteiger partial charge in [-0.1, -0.05) is 36.4 Å². The molecule has 5 aliphatic rings. The Morgan fingerprint density at radius 2 is 1.12 bits per heavy atom. The number of carbonyl (C=O) groups is 4. The van der Waals surface area contributed by atoms with Crippen molar-refractivity contribution in [1.82, 2.24) is 35.1 Å². The van der Waals surface area contributed by atoms with Crippen LogP contribution in [0.25, 0.3) is 33.6 Å². The summed E-state index contributed by atoms with van der Waals surface area (Å²) in [5, 5.41) is 3.02. The predicted octanol–water partition coefficient (Wildman–Crippen LogP) is 8.84. The fourth-order valence-corrected chi connectivity index (χ4v) is 12.5. The van der Waals surface area contributed by atoms with E-state index in [2.05, 4.69) is 79.4 Å². The lowest BCUT2D eigenvalue weighted by Crippen LogP contribution is -2.55. The Hall–Kier alpha value is -5.14. The zero-order chi connectivity index (χ0) is 46.6. The first kappa shape index (κ1) is 46.0. The number of hydrogen-bond acceptors (Lipinski definition) is 8. The number of aromatic nitrogens is 4. The number of H-pyrrole nitrogens is 2. The van der Waals surface area contributed by atoms with Crippen molar-refractivity contribution in [2.45, 2.75) is 181 Å². The van der Waals surface area contributed by atoms with Crippen molar-refractivity contribution in [1.29, 1.82) is 0 Å². The van der Waals surface area contributed by atoms with Gasteiger partial charge in [-0.2, -0.15) is 0 Å². The van der Waals surface area contributed by atoms with E-state index in [-0.39, 0.29) is 96.3 Å². The van der Waals surface area contributed by atoms with Gasteiger partial charge in [-0.15, -0.1) is 0 Å². The molecule has 3 N–H and O–H groups in total. The molecule has 352 valence electrons. The van der Waals surface area contributed by atoms with Crippen molar-refractivity contribution in [3.63, 3.8) is 0 Å². The number of ether oxygens (including phenoxy) is 2. The molecule has 4 aromatic rings. The van der Waals surface area contributed by atoms with Gasteiger partial charge in [-0.05, 0) is 152 Å². The van der Waals surface area contributed by atoms with Crippen molar-refractivity contribution in [3.8, 4) is 33.6 Å². The molecule has 6 heterocycles. The molecule has 0 unspecified atom stereocenters. The van der Waals surface area contributed by atoms with Crippen LogP contribution >= 0.6 is 0 Å². The number of nitrogens with zero attached hydrogens (tertiary/aromatic N) is 4. The van der Waals surface area contributed by atoms with Crippen LogP contribution in [0.5, 0.6) is 0 Å². The van der Waals surface area contributed by atoms with E-state index in [0.29, 0.717) is 0 Å². The monoisotopic (exact) mass is 900 g/mol. The number of aromatic amines is 2. The van der Waals surface area contributed by atoms with E-state index in [9.17, 15) is 19.2 Å². The molecule has 3 amide bonds. The molecule has 1 aliphatic carbocycles. The molecular weight excluding hydrogens is 831 g/mol. The minimum atomic E-state index is -0.609. The van der Waals surface area contributed by atoms with Crippen molar-refractivity contribution in [2.75, 3.05) is 0 Å². The highest BCUT2D eigenvalue weighted by atomic mass is 16.5. The maximum Gasteiger partial charge on any atom is 0.246 e. The Labute approximate surface area is 389 Å². The third-order valence-electron chi connectivity index (χ3n) is 15.5. The van der Waals surface area contributed by atoms with E-state index in [1.807, 2.05) is 36.0 Å². The molecule has 4 saturated heterocycles. The Morgan fingerprint density at radius 3 is 1.67 bits per heavy atom. The van der Waals surface area contributed by atoms with Crippen LogP contribution in [-0.4, -0.2) is 95.8 Å². The number of Topliss-reactive ketones (excluding diaryl/α,β-unsaturated/α-hetero) is 1. The molecule has 10 atom stereocenters. The molecule has 9 rings (SSSR count). The average Bonchev–Trinajstić information content (AvgIpc) is 4.08. The fraction of sp³-hybridized carbons (Fsp3) is 0.585. The van der Waals surface area contributed by atoms with Gasteiger partial charge in [0.05, 0.1) is 60.3 Å². The number of fused-ring (bicyclic) bond motifs is 1. The van der Waals surface area contributed by atoms with E-state index in [1.165, 1.54) is 23.6 Å². The molecule has 2 aromatic heterocycles. The number of rotatable bonds is 12. The third-order valence-corrected chi connectivity index (χ3v) is 15.5. The Balaban J connectivity index is 0.898. The van der Waals surface area contributed by atoms with Crippen molar-refractivity contribution in [2.24, 2.45) is 17.8 Å². The van der Waals surface area contributed by atoms with Gasteiger partial charge in [0, 0.05) is 36.9 Å². The van der Waals surface area contributed by atoms with Crippen LogP contribution in [0.15, 0.2) is 48.8 Å². The Morgan fingerprint density at radius 1 is 0.636 bits per heavy atom. The summed E-state index contributed by atoms with van der Waals surface area (Å²) >= 11 is 0. The summed E-state index contributed by atoms with van der Waals surface area (Å²) in [6.45, 7) is 15.5. The molecule has 0 spiro atoms. The number of benzene rings is 2. The summed E-state index contributed by atoms with van der Waals surface area (Å²) < 4.78 is 12.0. The standard InChI is InChI=1S/C53H69N7O6/c1-28-9-19-47(59(28)52(63)44(21-30(3)61)38-22-31(4)65-32(5)23-38)51-55-27-46(58-51)43-18-15-40(41-16-17-42(41)43)36-11-13-37(14-12-36)45-26-54-50(57-45)48-20-10-29(2)60(48)53(64)49(56-35(8)62)39-24-33(6)66-34(7)25-39/h11-15,18,26-29,31-34,38-39,44,47-49H,9-10,16-17,19-25H2,1-8H3,(H,54,57)(H,55,58)(H,56,62)/t28-,29-,31+,32+,33+,34+,44-,47-,48-,49-/m0/s1. The average molecular weight is 900 g/mol. The molecule has 66 heavy (non-hydrogen) atoms. The van der Waals surface area contributed by atoms with Gasteiger partial charge in [0.15, 0.2) is 0 Å². The smallest absolute Gasteiger partial charge is 0.246 e. The molecular formula is C53H69N7O6. The first-order chi connectivity index (χ1) is 31.6. The van der Waals surface area contributed by atoms with Gasteiger partial charge in [-0.3, -0.25) is 14.4 Å². The van der Waals surface area contributed by atoms with Crippen molar-refractivity contribution in [3.05, 3.63) is 71.6 Å². The maximum atomic E-state index is 14.5. The van der Waals surface area contributed by atoms with E-state index >= 15 is 0 Å². The number of ketones is 1. The largest absolute Gasteiger partial charge is 0.376 e. The van der Waals surface area contributed by atoms with Crippen LogP contribution in [-0.2, 0) is 41.5 Å². The van der Waals surface area contributed by atoms with Crippen LogP contribution in [0.1, 0.15) is 148 Å². The SMILES string of the molecule is CC(=O)C[C@H](C(=O)N1[C@@H](C)CC[C@H]1c1ncc(-c2ccc(-c3ccc(-c4cnc([C@@H]5CC[C@H](C)N5C(=O)[C@@H](NC(C)=O)C5C[C@@H](C)O[C@H](C)C5)[nH]4)cc3)c3c2CC3)[nH]1)C1C[C@@H](C)O[C@H](C)C1. The van der Waals surface area contributed by atoms with E-state index in [4.69, 9.17) is 19.4 Å². The Bertz CT molecular complexity index is 2420. The van der Waals surface area contributed by atoms with Gasteiger partial charge < -0.3 is 39.4 Å². The lowest BCUT2D eigenvalue weighted by atomic mass is 9.78. The summed E-state index contributed by atoms with van der Waals surface area (Å²) in [6, 6.07) is 12.1. The molecule has 0 radical (unpaired) electrons. The van der Waals surface area contributed by atoms with E-state index in [0.717, 1.165) is 104 Å². The first-order valence-electron chi connectivity index (χ1n) is 24.7. The molecule has 0 bridgehead atoms. The van der Waals surface area contributed by atoms with Crippen LogP contribution in [0.3, 0.4) is 0 Å². The van der Waals surface area contributed by atoms with Gasteiger partial charge in [0.25, 0.3) is 0 Å². The fourth-order valence-electron chi connectivity index (χ4n) is 12.5. The second kappa shape index (κ2) is 18.9. The zero-order valence-corrected chi connectivity index (χ0v) is 40.1. The predicted molar refractivity (Wildman–Crippen MR) is 253 cm³/mol. The van der Waals surface area contributed by atoms with Crippen LogP contribution in [0.4, 0.5) is 0 Å². The lowest BCUT2D eigenvalue weighted by Gasteiger charge is -2.39. The number of carbonyl (C=O) groups excluding carboxylic acids is 4. The third kappa shape index (κ3) is 9.14. The number of nitrogens with one attached hydrogen (secondary N) is 3. The normalized spacial score (nSPS) is 29.5. The highest BCUT2D eigenvalue weighted by molar-refractivity contribution is 5.88.